The molecule has 4 rings (SSSR count). The van der Waals surface area contributed by atoms with Gasteiger partial charge in [-0.25, -0.2) is 4.79 Å². The molecule has 0 radical (unpaired) electrons. The zero-order chi connectivity index (χ0) is 18.1. The molecule has 1 aromatic carbocycles. The van der Waals surface area contributed by atoms with E-state index < -0.39 is 0 Å². The van der Waals surface area contributed by atoms with Gasteiger partial charge in [0.2, 0.25) is 5.91 Å². The van der Waals surface area contributed by atoms with Crippen molar-refractivity contribution < 1.29 is 4.79 Å². The molecule has 1 amide bonds. The monoisotopic (exact) mass is 393 g/mol. The largest absolute Gasteiger partial charge is 0.341 e. The third-order valence-electron chi connectivity index (χ3n) is 5.79. The summed E-state index contributed by atoms with van der Waals surface area (Å²) in [5.74, 6) is 0.155. The first kappa shape index (κ1) is 19.9. The van der Waals surface area contributed by atoms with Crippen molar-refractivity contribution in [1.29, 1.82) is 0 Å². The second-order valence-corrected chi connectivity index (χ2v) is 7.30. The molecule has 7 nitrogen and oxygen atoms in total. The van der Waals surface area contributed by atoms with Crippen molar-refractivity contribution in [2.45, 2.75) is 25.4 Å². The Morgan fingerprint density at radius 3 is 2.59 bits per heavy atom. The Kier molecular flexibility index (Phi) is 6.24. The third kappa shape index (κ3) is 3.90. The zero-order valence-corrected chi connectivity index (χ0v) is 16.6. The summed E-state index contributed by atoms with van der Waals surface area (Å²) in [4.78, 5) is 29.6. The predicted molar refractivity (Wildman–Crippen MR) is 108 cm³/mol. The average Bonchev–Trinajstić information content (AvgIpc) is 3.26. The van der Waals surface area contributed by atoms with Crippen molar-refractivity contribution in [1.82, 2.24) is 24.3 Å². The summed E-state index contributed by atoms with van der Waals surface area (Å²) in [7, 11) is 1.78. The molecule has 1 N–H and O–H groups in total. The fourth-order valence-electron chi connectivity index (χ4n) is 4.26. The Morgan fingerprint density at radius 1 is 1.15 bits per heavy atom. The van der Waals surface area contributed by atoms with E-state index in [9.17, 15) is 9.59 Å². The van der Waals surface area contributed by atoms with Gasteiger partial charge in [-0.3, -0.25) is 18.8 Å². The molecule has 2 fully saturated rings. The average molecular weight is 394 g/mol. The standard InChI is InChI=1S/C19H27N5O2.ClH/c1-21-16-4-2-3-5-17(16)24(19(21)26)11-7-18(25)23-10-6-15(14-23)22-12-8-20-9-13-22;/h2-5,15,20H,6-14H2,1H3;1H. The van der Waals surface area contributed by atoms with Crippen LogP contribution >= 0.6 is 12.4 Å². The lowest BCUT2D eigenvalue weighted by Crippen LogP contribution is -2.49. The SMILES string of the molecule is Cl.Cn1c(=O)n(CCC(=O)N2CCC(N3CCNCC3)C2)c2ccccc21. The van der Waals surface area contributed by atoms with Gasteiger partial charge >= 0.3 is 5.69 Å². The van der Waals surface area contributed by atoms with Crippen LogP contribution in [0.2, 0.25) is 0 Å². The van der Waals surface area contributed by atoms with E-state index in [1.165, 1.54) is 0 Å². The van der Waals surface area contributed by atoms with E-state index in [4.69, 9.17) is 0 Å². The Bertz CT molecular complexity index is 855. The van der Waals surface area contributed by atoms with Crippen LogP contribution in [0.1, 0.15) is 12.8 Å². The number of nitrogens with one attached hydrogen (secondary N) is 1. The number of benzene rings is 1. The molecule has 1 atom stereocenters. The van der Waals surface area contributed by atoms with Crippen LogP contribution in [-0.2, 0) is 18.4 Å². The number of hydrogen-bond donors (Lipinski definition) is 1. The number of fused-ring (bicyclic) bond motifs is 1. The van der Waals surface area contributed by atoms with Crippen molar-refractivity contribution in [3.8, 4) is 0 Å². The van der Waals surface area contributed by atoms with Crippen LogP contribution in [0.5, 0.6) is 0 Å². The number of likely N-dealkylation sites (tertiary alicyclic amines) is 1. The molecule has 3 heterocycles. The molecule has 2 aliphatic rings. The van der Waals surface area contributed by atoms with Gasteiger partial charge in [0, 0.05) is 65.3 Å². The number of halogens is 1. The van der Waals surface area contributed by atoms with Gasteiger partial charge < -0.3 is 10.2 Å². The molecule has 27 heavy (non-hydrogen) atoms. The number of aryl methyl sites for hydroxylation is 2. The van der Waals surface area contributed by atoms with Crippen molar-refractivity contribution in [2.75, 3.05) is 39.3 Å². The maximum Gasteiger partial charge on any atom is 0.328 e. The lowest BCUT2D eigenvalue weighted by Gasteiger charge is -2.32. The van der Waals surface area contributed by atoms with E-state index in [-0.39, 0.29) is 24.0 Å². The smallest absolute Gasteiger partial charge is 0.328 e. The number of para-hydroxylation sites is 2. The molecule has 8 heteroatoms. The zero-order valence-electron chi connectivity index (χ0n) is 15.8. The lowest BCUT2D eigenvalue weighted by atomic mass is 10.2. The highest BCUT2D eigenvalue weighted by atomic mass is 35.5. The summed E-state index contributed by atoms with van der Waals surface area (Å²) < 4.78 is 3.37. The third-order valence-corrected chi connectivity index (χ3v) is 5.79. The Labute approximate surface area is 165 Å². The molecular weight excluding hydrogens is 366 g/mol. The van der Waals surface area contributed by atoms with Gasteiger partial charge in [-0.1, -0.05) is 12.1 Å². The van der Waals surface area contributed by atoms with E-state index >= 15 is 0 Å². The topological polar surface area (TPSA) is 62.5 Å². The molecule has 2 saturated heterocycles. The highest BCUT2D eigenvalue weighted by molar-refractivity contribution is 5.85. The Balaban J connectivity index is 0.00000210. The number of nitrogens with zero attached hydrogens (tertiary/aromatic N) is 4. The van der Waals surface area contributed by atoms with Gasteiger partial charge in [0.15, 0.2) is 0 Å². The van der Waals surface area contributed by atoms with Crippen molar-refractivity contribution in [3.05, 3.63) is 34.7 Å². The van der Waals surface area contributed by atoms with Crippen LogP contribution < -0.4 is 11.0 Å². The molecule has 2 aromatic rings. The van der Waals surface area contributed by atoms with Gasteiger partial charge in [-0.05, 0) is 18.6 Å². The maximum absolute atomic E-state index is 12.7. The van der Waals surface area contributed by atoms with E-state index in [0.717, 1.165) is 56.7 Å². The quantitative estimate of drug-likeness (QED) is 0.828. The molecule has 1 unspecified atom stereocenters. The summed E-state index contributed by atoms with van der Waals surface area (Å²) in [5.41, 5.74) is 1.75. The molecule has 148 valence electrons. The van der Waals surface area contributed by atoms with Crippen LogP contribution in [0.3, 0.4) is 0 Å². The molecular formula is C19H28ClN5O2. The fraction of sp³-hybridized carbons (Fsp3) is 0.579. The maximum atomic E-state index is 12.7. The second-order valence-electron chi connectivity index (χ2n) is 7.30. The van der Waals surface area contributed by atoms with E-state index in [0.29, 0.717) is 19.0 Å². The van der Waals surface area contributed by atoms with Crippen LogP contribution in [0, 0.1) is 0 Å². The number of carbonyl (C=O) groups excluding carboxylic acids is 1. The second kappa shape index (κ2) is 8.46. The molecule has 0 bridgehead atoms. The van der Waals surface area contributed by atoms with Gasteiger partial charge in [0.1, 0.15) is 0 Å². The van der Waals surface area contributed by atoms with Gasteiger partial charge in [0.25, 0.3) is 0 Å². The highest BCUT2D eigenvalue weighted by Gasteiger charge is 2.30. The Morgan fingerprint density at radius 2 is 1.85 bits per heavy atom. The summed E-state index contributed by atoms with van der Waals surface area (Å²) >= 11 is 0. The van der Waals surface area contributed by atoms with Gasteiger partial charge in [-0.2, -0.15) is 0 Å². The number of carbonyl (C=O) groups is 1. The number of aromatic nitrogens is 2. The van der Waals surface area contributed by atoms with Crippen LogP contribution in [0.15, 0.2) is 29.1 Å². The molecule has 0 spiro atoms. The van der Waals surface area contributed by atoms with Crippen molar-refractivity contribution in [2.24, 2.45) is 7.05 Å². The Hall–Kier alpha value is -1.83. The van der Waals surface area contributed by atoms with Crippen molar-refractivity contribution >= 4 is 29.3 Å². The first-order chi connectivity index (χ1) is 12.6. The summed E-state index contributed by atoms with van der Waals surface area (Å²) in [6, 6.07) is 8.22. The summed E-state index contributed by atoms with van der Waals surface area (Å²) in [6.45, 7) is 6.30. The first-order valence-corrected chi connectivity index (χ1v) is 9.52. The predicted octanol–water partition coefficient (Wildman–Crippen LogP) is 0.658. The number of rotatable bonds is 4. The van der Waals surface area contributed by atoms with Crippen molar-refractivity contribution in [3.63, 3.8) is 0 Å². The minimum Gasteiger partial charge on any atom is -0.341 e. The minimum atomic E-state index is -0.0564. The number of amides is 1. The molecule has 0 saturated carbocycles. The molecule has 0 aliphatic carbocycles. The van der Waals surface area contributed by atoms with E-state index in [1.807, 2.05) is 29.2 Å². The van der Waals surface area contributed by atoms with Crippen LogP contribution in [-0.4, -0.2) is 70.2 Å². The summed E-state index contributed by atoms with van der Waals surface area (Å²) in [6.07, 6.45) is 1.43. The van der Waals surface area contributed by atoms with Crippen LogP contribution in [0.4, 0.5) is 0 Å². The normalized spacial score (nSPS) is 20.8. The molecule has 1 aromatic heterocycles. The number of piperazine rings is 1. The lowest BCUT2D eigenvalue weighted by molar-refractivity contribution is -0.130. The number of imidazole rings is 1. The fourth-order valence-corrected chi connectivity index (χ4v) is 4.26. The van der Waals surface area contributed by atoms with E-state index in [2.05, 4.69) is 10.2 Å². The van der Waals surface area contributed by atoms with E-state index in [1.54, 1.807) is 16.2 Å². The number of hydrogen-bond acceptors (Lipinski definition) is 4. The minimum absolute atomic E-state index is 0. The van der Waals surface area contributed by atoms with Crippen LogP contribution in [0.25, 0.3) is 11.0 Å². The van der Waals surface area contributed by atoms with Gasteiger partial charge in [-0.15, -0.1) is 12.4 Å². The molecule has 2 aliphatic heterocycles. The first-order valence-electron chi connectivity index (χ1n) is 9.52. The summed E-state index contributed by atoms with van der Waals surface area (Å²) in [5, 5.41) is 3.38. The highest BCUT2D eigenvalue weighted by Crippen LogP contribution is 2.18. The van der Waals surface area contributed by atoms with Gasteiger partial charge in [0.05, 0.1) is 11.0 Å².